The fourth-order valence-corrected chi connectivity index (χ4v) is 1.08. The minimum Gasteiger partial charge on any atom is -0.0805 e. The van der Waals surface area contributed by atoms with E-state index in [0.717, 1.165) is 0 Å². The third-order valence-corrected chi connectivity index (χ3v) is 1.70. The number of allylic oxidation sites excluding steroid dienone is 4. The standard InChI is InChI=1S/C9H14.Pr/c1-2-3-6-9-7-4-5-8-9;/h4-5,7H,2-3,6,8H2,1H3;. The van der Waals surface area contributed by atoms with Crippen LogP contribution in [0.15, 0.2) is 23.8 Å². The molecule has 1 aliphatic carbocycles. The van der Waals surface area contributed by atoms with Crippen LogP contribution >= 0.6 is 0 Å². The molecular weight excluding hydrogens is 249 g/mol. The van der Waals surface area contributed by atoms with Gasteiger partial charge in [0.2, 0.25) is 0 Å². The van der Waals surface area contributed by atoms with Crippen molar-refractivity contribution < 1.29 is 41.3 Å². The molecule has 0 heterocycles. The summed E-state index contributed by atoms with van der Waals surface area (Å²) in [6.07, 6.45) is 11.8. The largest absolute Gasteiger partial charge is 0.0805 e. The van der Waals surface area contributed by atoms with Crippen molar-refractivity contribution in [1.29, 1.82) is 0 Å². The molecule has 1 rings (SSSR count). The van der Waals surface area contributed by atoms with Gasteiger partial charge in [-0.25, -0.2) is 0 Å². The average molecular weight is 263 g/mol. The van der Waals surface area contributed by atoms with E-state index in [-0.39, 0.29) is 41.3 Å². The van der Waals surface area contributed by atoms with Crippen molar-refractivity contribution >= 4 is 0 Å². The van der Waals surface area contributed by atoms with E-state index >= 15 is 0 Å². The van der Waals surface area contributed by atoms with E-state index in [4.69, 9.17) is 0 Å². The molecule has 0 fully saturated rings. The Kier molecular flexibility index (Phi) is 7.10. The van der Waals surface area contributed by atoms with Crippen molar-refractivity contribution in [3.63, 3.8) is 0 Å². The molecule has 1 heteroatoms. The molecule has 0 saturated carbocycles. The van der Waals surface area contributed by atoms with Crippen LogP contribution in [0.2, 0.25) is 0 Å². The molecular formula is C9H14Pr. The van der Waals surface area contributed by atoms with Crippen LogP contribution in [-0.4, -0.2) is 0 Å². The van der Waals surface area contributed by atoms with Gasteiger partial charge in [0.15, 0.2) is 0 Å². The summed E-state index contributed by atoms with van der Waals surface area (Å²) in [6, 6.07) is 0. The minimum atomic E-state index is 0. The summed E-state index contributed by atoms with van der Waals surface area (Å²) in [5.74, 6) is 0. The topological polar surface area (TPSA) is 0 Å². The molecule has 0 nitrogen and oxygen atoms in total. The van der Waals surface area contributed by atoms with Crippen LogP contribution in [0.5, 0.6) is 0 Å². The fraction of sp³-hybridized carbons (Fsp3) is 0.556. The first-order valence-electron chi connectivity index (χ1n) is 3.78. The van der Waals surface area contributed by atoms with Gasteiger partial charge in [-0.1, -0.05) is 37.1 Å². The van der Waals surface area contributed by atoms with E-state index in [1.54, 1.807) is 5.57 Å². The molecule has 0 amide bonds. The average Bonchev–Trinajstić information content (AvgIpc) is 2.34. The zero-order valence-electron chi connectivity index (χ0n) is 6.64. The fourth-order valence-electron chi connectivity index (χ4n) is 1.08. The smallest absolute Gasteiger partial charge is 0 e. The summed E-state index contributed by atoms with van der Waals surface area (Å²) in [5, 5.41) is 0. The van der Waals surface area contributed by atoms with Gasteiger partial charge in [0.25, 0.3) is 0 Å². The maximum atomic E-state index is 2.25. The first kappa shape index (κ1) is 10.8. The summed E-state index contributed by atoms with van der Waals surface area (Å²) >= 11 is 0. The van der Waals surface area contributed by atoms with E-state index in [2.05, 4.69) is 25.2 Å². The van der Waals surface area contributed by atoms with Gasteiger partial charge >= 0.3 is 0 Å². The molecule has 0 saturated heterocycles. The summed E-state index contributed by atoms with van der Waals surface area (Å²) in [6.45, 7) is 2.24. The predicted octanol–water partition coefficient (Wildman–Crippen LogP) is 3.06. The third kappa shape index (κ3) is 3.88. The van der Waals surface area contributed by atoms with Gasteiger partial charge in [0.05, 0.1) is 0 Å². The summed E-state index contributed by atoms with van der Waals surface area (Å²) in [4.78, 5) is 0. The number of hydrogen-bond acceptors (Lipinski definition) is 0. The molecule has 10 heavy (non-hydrogen) atoms. The Morgan fingerprint density at radius 2 is 2.30 bits per heavy atom. The van der Waals surface area contributed by atoms with E-state index in [1.807, 2.05) is 0 Å². The maximum absolute atomic E-state index is 2.25. The monoisotopic (exact) mass is 263 g/mol. The van der Waals surface area contributed by atoms with E-state index in [9.17, 15) is 0 Å². The zero-order valence-corrected chi connectivity index (χ0v) is 10.3. The molecule has 0 spiro atoms. The maximum Gasteiger partial charge on any atom is 0 e. The van der Waals surface area contributed by atoms with Crippen LogP contribution in [0.3, 0.4) is 0 Å². The van der Waals surface area contributed by atoms with E-state index in [0.29, 0.717) is 0 Å². The molecule has 0 unspecified atom stereocenters. The number of unbranched alkanes of at least 4 members (excludes halogenated alkanes) is 1. The van der Waals surface area contributed by atoms with Crippen LogP contribution in [0.4, 0.5) is 0 Å². The van der Waals surface area contributed by atoms with Gasteiger partial charge in [-0.3, -0.25) is 0 Å². The molecule has 0 aromatic carbocycles. The van der Waals surface area contributed by atoms with Gasteiger partial charge in [-0.2, -0.15) is 0 Å². The molecule has 0 atom stereocenters. The van der Waals surface area contributed by atoms with Gasteiger partial charge in [0, 0.05) is 41.3 Å². The first-order valence-corrected chi connectivity index (χ1v) is 3.78. The predicted molar refractivity (Wildman–Crippen MR) is 41.4 cm³/mol. The molecule has 0 aromatic rings. The molecule has 0 aromatic heterocycles. The van der Waals surface area contributed by atoms with E-state index < -0.39 is 0 Å². The first-order chi connectivity index (χ1) is 4.43. The normalized spacial score (nSPS) is 14.7. The van der Waals surface area contributed by atoms with Crippen LogP contribution in [0.25, 0.3) is 0 Å². The van der Waals surface area contributed by atoms with Gasteiger partial charge in [-0.05, 0) is 19.3 Å². The molecule has 53 valence electrons. The van der Waals surface area contributed by atoms with Gasteiger partial charge in [0.1, 0.15) is 0 Å². The third-order valence-electron chi connectivity index (χ3n) is 1.70. The Morgan fingerprint density at radius 3 is 2.80 bits per heavy atom. The second-order valence-corrected chi connectivity index (χ2v) is 2.56. The van der Waals surface area contributed by atoms with Gasteiger partial charge < -0.3 is 0 Å². The van der Waals surface area contributed by atoms with Crippen LogP contribution in [0.1, 0.15) is 32.6 Å². The Labute approximate surface area is 96.7 Å². The van der Waals surface area contributed by atoms with Gasteiger partial charge in [-0.15, -0.1) is 0 Å². The van der Waals surface area contributed by atoms with Crippen LogP contribution in [-0.2, 0) is 0 Å². The Morgan fingerprint density at radius 1 is 1.50 bits per heavy atom. The summed E-state index contributed by atoms with van der Waals surface area (Å²) < 4.78 is 0. The molecule has 1 radical (unpaired) electrons. The Balaban J connectivity index is 0.000000810. The Hall–Kier alpha value is 0.844. The van der Waals surface area contributed by atoms with Crippen LogP contribution < -0.4 is 0 Å². The molecule has 1 aliphatic rings. The quantitative estimate of drug-likeness (QED) is 0.734. The number of hydrogen-bond donors (Lipinski definition) is 0. The zero-order chi connectivity index (χ0) is 6.53. The van der Waals surface area contributed by atoms with Crippen molar-refractivity contribution in [2.45, 2.75) is 32.6 Å². The SMILES string of the molecule is CCCCC1=CC=CC1.[Pr]. The second-order valence-electron chi connectivity index (χ2n) is 2.56. The van der Waals surface area contributed by atoms with Crippen molar-refractivity contribution in [3.8, 4) is 0 Å². The van der Waals surface area contributed by atoms with Crippen molar-refractivity contribution in [2.24, 2.45) is 0 Å². The van der Waals surface area contributed by atoms with Crippen LogP contribution in [0, 0.1) is 41.3 Å². The van der Waals surface area contributed by atoms with Crippen molar-refractivity contribution in [2.75, 3.05) is 0 Å². The molecule has 0 bridgehead atoms. The number of rotatable bonds is 3. The molecule has 0 aliphatic heterocycles. The summed E-state index contributed by atoms with van der Waals surface area (Å²) in [7, 11) is 0. The van der Waals surface area contributed by atoms with Crippen molar-refractivity contribution in [3.05, 3.63) is 23.8 Å². The van der Waals surface area contributed by atoms with E-state index in [1.165, 1.54) is 25.7 Å². The minimum absolute atomic E-state index is 0. The second kappa shape index (κ2) is 6.55. The summed E-state index contributed by atoms with van der Waals surface area (Å²) in [5.41, 5.74) is 1.61. The van der Waals surface area contributed by atoms with Crippen molar-refractivity contribution in [1.82, 2.24) is 0 Å². The Bertz CT molecular complexity index is 134. The molecule has 0 N–H and O–H groups in total.